The Morgan fingerprint density at radius 3 is 2.08 bits per heavy atom. The molecule has 2 aromatic carbocycles. The van der Waals surface area contributed by atoms with Crippen LogP contribution in [0, 0.1) is 11.3 Å². The highest BCUT2D eigenvalue weighted by Gasteiger charge is 2.15. The summed E-state index contributed by atoms with van der Waals surface area (Å²) in [6.45, 7) is 1.64. The Morgan fingerprint density at radius 2 is 1.60 bits per heavy atom. The van der Waals surface area contributed by atoms with Crippen LogP contribution in [0.2, 0.25) is 5.02 Å². The van der Waals surface area contributed by atoms with E-state index in [0.29, 0.717) is 21.8 Å². The minimum Gasteiger partial charge on any atom is -0.511 e. The summed E-state index contributed by atoms with van der Waals surface area (Å²) in [4.78, 5) is 24.3. The molecular formula is C19H15ClN2O3. The Kier molecular flexibility index (Phi) is 5.93. The molecule has 2 N–H and O–H groups in total. The van der Waals surface area contributed by atoms with E-state index in [4.69, 9.17) is 16.9 Å². The molecular weight excluding hydrogens is 340 g/mol. The predicted molar refractivity (Wildman–Crippen MR) is 95.5 cm³/mol. The number of benzene rings is 2. The molecule has 0 aliphatic heterocycles. The average molecular weight is 355 g/mol. The fourth-order valence-electron chi connectivity index (χ4n) is 2.09. The van der Waals surface area contributed by atoms with E-state index >= 15 is 0 Å². The third-order valence-electron chi connectivity index (χ3n) is 3.47. The largest absolute Gasteiger partial charge is 0.511 e. The van der Waals surface area contributed by atoms with E-state index in [1.807, 2.05) is 0 Å². The van der Waals surface area contributed by atoms with E-state index in [9.17, 15) is 14.7 Å². The van der Waals surface area contributed by atoms with Gasteiger partial charge in [-0.15, -0.1) is 0 Å². The number of ketones is 1. The van der Waals surface area contributed by atoms with E-state index in [1.165, 1.54) is 0 Å². The molecule has 2 rings (SSSR count). The van der Waals surface area contributed by atoms with Crippen LogP contribution < -0.4 is 5.32 Å². The van der Waals surface area contributed by atoms with Gasteiger partial charge in [0.05, 0.1) is 0 Å². The zero-order valence-corrected chi connectivity index (χ0v) is 14.2. The molecule has 2 aromatic rings. The van der Waals surface area contributed by atoms with E-state index in [-0.39, 0.29) is 23.5 Å². The molecule has 126 valence electrons. The van der Waals surface area contributed by atoms with Crippen molar-refractivity contribution in [1.29, 1.82) is 5.26 Å². The van der Waals surface area contributed by atoms with E-state index in [2.05, 4.69) is 5.32 Å². The van der Waals surface area contributed by atoms with Crippen LogP contribution >= 0.6 is 11.6 Å². The highest BCUT2D eigenvalue weighted by molar-refractivity contribution is 6.30. The highest BCUT2D eigenvalue weighted by Crippen LogP contribution is 2.17. The molecule has 6 heteroatoms. The molecule has 0 saturated heterocycles. The number of rotatable bonds is 5. The summed E-state index contributed by atoms with van der Waals surface area (Å²) >= 11 is 5.81. The number of hydrogen-bond donors (Lipinski definition) is 2. The molecule has 0 atom stereocenters. The molecule has 0 aromatic heterocycles. The second-order valence-corrected chi connectivity index (χ2v) is 5.59. The van der Waals surface area contributed by atoms with Crippen molar-refractivity contribution >= 4 is 29.0 Å². The lowest BCUT2D eigenvalue weighted by atomic mass is 10.0. The number of allylic oxidation sites excluding steroid dienone is 1. The summed E-state index contributed by atoms with van der Waals surface area (Å²) in [5, 5.41) is 21.6. The molecule has 0 fully saturated rings. The first kappa shape index (κ1) is 18.2. The Hall–Kier alpha value is -3.10. The lowest BCUT2D eigenvalue weighted by Crippen LogP contribution is -2.15. The van der Waals surface area contributed by atoms with Gasteiger partial charge in [-0.1, -0.05) is 18.5 Å². The normalized spacial score (nSPS) is 11.2. The lowest BCUT2D eigenvalue weighted by molar-refractivity contribution is -0.112. The third-order valence-corrected chi connectivity index (χ3v) is 3.73. The van der Waals surface area contributed by atoms with E-state index in [0.717, 1.165) is 0 Å². The summed E-state index contributed by atoms with van der Waals surface area (Å²) in [6.07, 6.45) is 0.185. The predicted octanol–water partition coefficient (Wildman–Crippen LogP) is 4.26. The van der Waals surface area contributed by atoms with Gasteiger partial charge in [-0.3, -0.25) is 9.59 Å². The van der Waals surface area contributed by atoms with Gasteiger partial charge in [0, 0.05) is 28.3 Å². The molecule has 0 radical (unpaired) electrons. The summed E-state index contributed by atoms with van der Waals surface area (Å²) in [6, 6.07) is 14.5. The van der Waals surface area contributed by atoms with E-state index < -0.39 is 5.91 Å². The minimum absolute atomic E-state index is 0.171. The first-order chi connectivity index (χ1) is 12.0. The Balaban J connectivity index is 2.15. The Labute approximate surface area is 150 Å². The Morgan fingerprint density at radius 1 is 1.08 bits per heavy atom. The second-order valence-electron chi connectivity index (χ2n) is 5.15. The minimum atomic E-state index is -0.696. The van der Waals surface area contributed by atoms with Gasteiger partial charge in [-0.05, 0) is 48.5 Å². The topological polar surface area (TPSA) is 90.2 Å². The average Bonchev–Trinajstić information content (AvgIpc) is 2.62. The lowest BCUT2D eigenvalue weighted by Gasteiger charge is -2.07. The van der Waals surface area contributed by atoms with Crippen molar-refractivity contribution in [3.8, 4) is 6.07 Å². The van der Waals surface area contributed by atoms with Crippen LogP contribution in [-0.4, -0.2) is 16.8 Å². The maximum absolute atomic E-state index is 12.4. The van der Waals surface area contributed by atoms with Crippen molar-refractivity contribution in [2.75, 3.05) is 5.32 Å². The number of aliphatic hydroxyl groups is 1. The smallest absolute Gasteiger partial charge is 0.269 e. The fourth-order valence-corrected chi connectivity index (χ4v) is 2.22. The molecule has 0 aliphatic carbocycles. The fraction of sp³-hybridized carbons (Fsp3) is 0.105. The van der Waals surface area contributed by atoms with Gasteiger partial charge in [0.1, 0.15) is 11.8 Å². The third kappa shape index (κ3) is 4.46. The van der Waals surface area contributed by atoms with Gasteiger partial charge in [-0.2, -0.15) is 5.26 Å². The second kappa shape index (κ2) is 8.13. The van der Waals surface area contributed by atoms with Crippen LogP contribution in [0.15, 0.2) is 59.9 Å². The summed E-state index contributed by atoms with van der Waals surface area (Å²) in [5.74, 6) is -1.14. The number of nitrogens with one attached hydrogen (secondary N) is 1. The van der Waals surface area contributed by atoms with Crippen molar-refractivity contribution in [2.45, 2.75) is 13.3 Å². The molecule has 0 spiro atoms. The van der Waals surface area contributed by atoms with Gasteiger partial charge in [-0.25, -0.2) is 0 Å². The number of halogens is 1. The number of anilines is 1. The molecule has 0 heterocycles. The molecule has 0 aliphatic rings. The van der Waals surface area contributed by atoms with Crippen LogP contribution in [0.4, 0.5) is 5.69 Å². The van der Waals surface area contributed by atoms with Crippen molar-refractivity contribution in [2.24, 2.45) is 0 Å². The van der Waals surface area contributed by atoms with Crippen molar-refractivity contribution in [1.82, 2.24) is 0 Å². The number of carbonyl (C=O) groups is 2. The zero-order chi connectivity index (χ0) is 18.4. The molecule has 0 bridgehead atoms. The van der Waals surface area contributed by atoms with Crippen LogP contribution in [0.5, 0.6) is 0 Å². The van der Waals surface area contributed by atoms with Crippen LogP contribution in [0.3, 0.4) is 0 Å². The summed E-state index contributed by atoms with van der Waals surface area (Å²) in [5.41, 5.74) is 1.04. The maximum atomic E-state index is 12.4. The number of amides is 1. The van der Waals surface area contributed by atoms with Gasteiger partial charge < -0.3 is 10.4 Å². The SMILES string of the molecule is CC/C(O)=C(\C#N)C(=O)Nc1ccc(C(=O)c2ccc(Cl)cc2)cc1. The summed E-state index contributed by atoms with van der Waals surface area (Å²) < 4.78 is 0. The maximum Gasteiger partial charge on any atom is 0.269 e. The number of nitriles is 1. The van der Waals surface area contributed by atoms with Gasteiger partial charge in [0.25, 0.3) is 5.91 Å². The summed E-state index contributed by atoms with van der Waals surface area (Å²) in [7, 11) is 0. The Bertz CT molecular complexity index is 863. The molecule has 0 unspecified atom stereocenters. The van der Waals surface area contributed by atoms with Crippen LogP contribution in [0.25, 0.3) is 0 Å². The standard InChI is InChI=1S/C19H15ClN2O3/c1-2-17(23)16(11-21)19(25)22-15-9-5-13(6-10-15)18(24)12-3-7-14(20)8-4-12/h3-10,23H,2H2,1H3,(H,22,25)/b17-16-. The molecule has 1 amide bonds. The van der Waals surface area contributed by atoms with Crippen LogP contribution in [-0.2, 0) is 4.79 Å². The van der Waals surface area contributed by atoms with E-state index in [1.54, 1.807) is 61.5 Å². The number of aliphatic hydroxyl groups excluding tert-OH is 1. The van der Waals surface area contributed by atoms with Crippen molar-refractivity contribution in [3.05, 3.63) is 76.0 Å². The quantitative estimate of drug-likeness (QED) is 0.363. The number of hydrogen-bond acceptors (Lipinski definition) is 4. The first-order valence-electron chi connectivity index (χ1n) is 7.50. The zero-order valence-electron chi connectivity index (χ0n) is 13.4. The van der Waals surface area contributed by atoms with Gasteiger partial charge in [0.2, 0.25) is 0 Å². The molecule has 0 saturated carbocycles. The van der Waals surface area contributed by atoms with Gasteiger partial charge >= 0.3 is 0 Å². The monoisotopic (exact) mass is 354 g/mol. The molecule has 5 nitrogen and oxygen atoms in total. The molecule has 25 heavy (non-hydrogen) atoms. The van der Waals surface area contributed by atoms with Crippen molar-refractivity contribution in [3.63, 3.8) is 0 Å². The van der Waals surface area contributed by atoms with Gasteiger partial charge in [0.15, 0.2) is 11.4 Å². The number of nitrogens with zero attached hydrogens (tertiary/aromatic N) is 1. The first-order valence-corrected chi connectivity index (χ1v) is 7.88. The van der Waals surface area contributed by atoms with Crippen LogP contribution in [0.1, 0.15) is 29.3 Å². The van der Waals surface area contributed by atoms with Crippen molar-refractivity contribution < 1.29 is 14.7 Å². The number of carbonyl (C=O) groups excluding carboxylic acids is 2. The highest BCUT2D eigenvalue weighted by atomic mass is 35.5.